The first-order valence-corrected chi connectivity index (χ1v) is 20.3. The summed E-state index contributed by atoms with van der Waals surface area (Å²) in [6, 6.07) is 58.2. The quantitative estimate of drug-likeness (QED) is 0.107. The second-order valence-electron chi connectivity index (χ2n) is 17.4. The second-order valence-corrected chi connectivity index (χ2v) is 17.4. The molecule has 60 heavy (non-hydrogen) atoms. The number of nitrogens with zero attached hydrogens (tertiary/aromatic N) is 4. The number of hydrogen-bond donors (Lipinski definition) is 0. The maximum Gasteiger partial charge on any atom is 0.267 e. The zero-order valence-corrected chi connectivity index (χ0v) is 37.4. The standard InChI is InChI=1S/C54H48N4O.Pt/c1-52(2,3)40-21-14-22-42(33-40)56-31-32-57(37-56)43-23-15-24-44(35-43)59-45-27-28-46-49(36-45)58(50-34-41(29-30-55-50)53(4,5)38-17-10-8-11-18-38)48-26-16-25-47(51(46)48)54(6,7)39-19-12-9-13-20-39;/h8-34H,1-7H3;/q-2;. The summed E-state index contributed by atoms with van der Waals surface area (Å²) < 4.78 is 12.8. The predicted octanol–water partition coefficient (Wildman–Crippen LogP) is 12.4. The first-order chi connectivity index (χ1) is 28.4. The van der Waals surface area contributed by atoms with Crippen LogP contribution in [0.5, 0.6) is 11.5 Å². The fourth-order valence-electron chi connectivity index (χ4n) is 8.22. The Labute approximate surface area is 368 Å². The molecule has 0 bridgehead atoms. The van der Waals surface area contributed by atoms with Crippen LogP contribution in [0.3, 0.4) is 0 Å². The Morgan fingerprint density at radius 2 is 1.27 bits per heavy atom. The molecule has 9 rings (SSSR count). The molecule has 3 aromatic heterocycles. The van der Waals surface area contributed by atoms with Gasteiger partial charge in [0.05, 0.1) is 5.69 Å². The van der Waals surface area contributed by atoms with Crippen LogP contribution in [-0.2, 0) is 37.3 Å². The van der Waals surface area contributed by atoms with Crippen molar-refractivity contribution in [1.82, 2.24) is 14.1 Å². The third kappa shape index (κ3) is 7.52. The molecule has 0 radical (unpaired) electrons. The van der Waals surface area contributed by atoms with Crippen LogP contribution in [0.15, 0.2) is 164 Å². The van der Waals surface area contributed by atoms with Gasteiger partial charge in [-0.2, -0.15) is 18.2 Å². The van der Waals surface area contributed by atoms with Crippen molar-refractivity contribution >= 4 is 21.8 Å². The van der Waals surface area contributed by atoms with E-state index in [2.05, 4.69) is 193 Å². The Kier molecular flexibility index (Phi) is 10.8. The van der Waals surface area contributed by atoms with E-state index in [0.29, 0.717) is 11.5 Å². The fourth-order valence-corrected chi connectivity index (χ4v) is 8.22. The van der Waals surface area contributed by atoms with E-state index in [-0.39, 0.29) is 37.3 Å². The zero-order valence-electron chi connectivity index (χ0n) is 35.1. The first kappa shape index (κ1) is 40.7. The summed E-state index contributed by atoms with van der Waals surface area (Å²) in [5, 5.41) is 2.26. The van der Waals surface area contributed by atoms with Crippen molar-refractivity contribution in [3.63, 3.8) is 0 Å². The van der Waals surface area contributed by atoms with Gasteiger partial charge in [-0.3, -0.25) is 4.57 Å². The molecule has 302 valence electrons. The Morgan fingerprint density at radius 1 is 0.600 bits per heavy atom. The van der Waals surface area contributed by atoms with Crippen LogP contribution in [-0.4, -0.2) is 14.1 Å². The van der Waals surface area contributed by atoms with Gasteiger partial charge in [0.1, 0.15) is 5.82 Å². The van der Waals surface area contributed by atoms with Crippen molar-refractivity contribution in [1.29, 1.82) is 0 Å². The molecule has 5 nitrogen and oxygen atoms in total. The number of pyridine rings is 1. The van der Waals surface area contributed by atoms with Crippen LogP contribution in [0, 0.1) is 18.5 Å². The van der Waals surface area contributed by atoms with E-state index in [9.17, 15) is 0 Å². The smallest absolute Gasteiger partial charge is 0.267 e. The van der Waals surface area contributed by atoms with E-state index in [1.807, 2.05) is 52.0 Å². The largest absolute Gasteiger partial charge is 0.510 e. The number of rotatable bonds is 9. The third-order valence-corrected chi connectivity index (χ3v) is 11.8. The molecule has 0 saturated heterocycles. The molecule has 0 unspecified atom stereocenters. The van der Waals surface area contributed by atoms with Crippen molar-refractivity contribution in [3.05, 3.63) is 210 Å². The van der Waals surface area contributed by atoms with Crippen molar-refractivity contribution in [2.24, 2.45) is 0 Å². The van der Waals surface area contributed by atoms with Crippen LogP contribution >= 0.6 is 0 Å². The van der Waals surface area contributed by atoms with Crippen molar-refractivity contribution < 1.29 is 30.4 Å². The van der Waals surface area contributed by atoms with E-state index >= 15 is 0 Å². The molecule has 0 amide bonds. The van der Waals surface area contributed by atoms with Crippen molar-refractivity contribution in [2.75, 3.05) is 0 Å². The Bertz CT molecular complexity index is 2950. The summed E-state index contributed by atoms with van der Waals surface area (Å²) in [5.41, 5.74) is 9.53. The minimum Gasteiger partial charge on any atom is -0.510 e. The Balaban J connectivity index is 0.00000499. The number of fused-ring (bicyclic) bond motifs is 3. The Morgan fingerprint density at radius 3 is 2.00 bits per heavy atom. The summed E-state index contributed by atoms with van der Waals surface area (Å²) >= 11 is 0. The topological polar surface area (TPSA) is 35.9 Å². The van der Waals surface area contributed by atoms with Gasteiger partial charge >= 0.3 is 0 Å². The van der Waals surface area contributed by atoms with Gasteiger partial charge in [-0.1, -0.05) is 139 Å². The van der Waals surface area contributed by atoms with Gasteiger partial charge in [-0.05, 0) is 74.6 Å². The summed E-state index contributed by atoms with van der Waals surface area (Å²) in [6.07, 6.45) is 9.39. The molecule has 0 aliphatic carbocycles. The minimum atomic E-state index is -0.280. The predicted molar refractivity (Wildman–Crippen MR) is 238 cm³/mol. The SMILES string of the molecule is CC(C)(C)c1cccc(-[n+]2[c-]n(-c3[c-]c(Oc4[c-]c5c(cc4)c4c(C(C)(C)c6ccccc6)cccc4n5-c4cc(C(C)(C)c5ccccc5)ccn4)ccc3)cc2)c1.[Pt]. The minimum absolute atomic E-state index is 0. The van der Waals surface area contributed by atoms with E-state index in [0.717, 1.165) is 33.6 Å². The van der Waals surface area contributed by atoms with Gasteiger partial charge in [0.25, 0.3) is 6.33 Å². The number of hydrogen-bond acceptors (Lipinski definition) is 2. The molecule has 9 aromatic rings. The first-order valence-electron chi connectivity index (χ1n) is 20.3. The molecule has 6 heteroatoms. The molecule has 0 atom stereocenters. The van der Waals surface area contributed by atoms with E-state index in [1.54, 1.807) is 0 Å². The molecule has 0 aliphatic heterocycles. The summed E-state index contributed by atoms with van der Waals surface area (Å²) in [6.45, 7) is 15.8. The maximum absolute atomic E-state index is 6.60. The molecule has 0 N–H and O–H groups in total. The molecular weight excluding hydrogens is 916 g/mol. The van der Waals surface area contributed by atoms with Gasteiger partial charge in [0, 0.05) is 67.5 Å². The van der Waals surface area contributed by atoms with E-state index < -0.39 is 0 Å². The van der Waals surface area contributed by atoms with Crippen LogP contribution in [0.2, 0.25) is 0 Å². The van der Waals surface area contributed by atoms with Crippen molar-refractivity contribution in [2.45, 2.75) is 64.7 Å². The van der Waals surface area contributed by atoms with Gasteiger partial charge < -0.3 is 13.9 Å². The maximum atomic E-state index is 6.60. The second kappa shape index (κ2) is 15.9. The Hall–Kier alpha value is -6.03. The summed E-state index contributed by atoms with van der Waals surface area (Å²) in [7, 11) is 0. The van der Waals surface area contributed by atoms with Gasteiger partial charge in [0.2, 0.25) is 0 Å². The van der Waals surface area contributed by atoms with E-state index in [4.69, 9.17) is 9.72 Å². The number of imidazole rings is 1. The zero-order chi connectivity index (χ0) is 40.9. The van der Waals surface area contributed by atoms with Crippen LogP contribution in [0.1, 0.15) is 76.3 Å². The third-order valence-electron chi connectivity index (χ3n) is 11.8. The van der Waals surface area contributed by atoms with Crippen LogP contribution < -0.4 is 9.30 Å². The molecular formula is C54H48N4OPt-2. The molecule has 0 saturated carbocycles. The summed E-state index contributed by atoms with van der Waals surface area (Å²) in [5.74, 6) is 2.00. The molecule has 3 heterocycles. The summed E-state index contributed by atoms with van der Waals surface area (Å²) in [4.78, 5) is 5.03. The number of benzene rings is 6. The molecule has 6 aromatic carbocycles. The number of aromatic nitrogens is 4. The number of ether oxygens (including phenoxy) is 1. The van der Waals surface area contributed by atoms with E-state index in [1.165, 1.54) is 33.2 Å². The fraction of sp³-hybridized carbons (Fsp3) is 0.185. The van der Waals surface area contributed by atoms with Crippen LogP contribution in [0.25, 0.3) is 39.0 Å². The average molecular weight is 964 g/mol. The molecule has 0 fully saturated rings. The normalized spacial score (nSPS) is 12.1. The molecule has 0 spiro atoms. The van der Waals surface area contributed by atoms with Gasteiger partial charge in [-0.25, -0.2) is 4.98 Å². The average Bonchev–Trinajstić information content (AvgIpc) is 3.88. The van der Waals surface area contributed by atoms with Crippen molar-refractivity contribution in [3.8, 4) is 28.7 Å². The van der Waals surface area contributed by atoms with Crippen LogP contribution in [0.4, 0.5) is 0 Å². The van der Waals surface area contributed by atoms with Gasteiger partial charge in [-0.15, -0.1) is 29.7 Å². The van der Waals surface area contributed by atoms with Gasteiger partial charge in [0.15, 0.2) is 0 Å². The molecule has 0 aliphatic rings. The monoisotopic (exact) mass is 963 g/mol.